The topological polar surface area (TPSA) is 49.3 Å². The zero-order valence-corrected chi connectivity index (χ0v) is 8.50. The summed E-state index contributed by atoms with van der Waals surface area (Å²) >= 11 is 1.54. The lowest BCUT2D eigenvalue weighted by Crippen LogP contribution is -2.23. The van der Waals surface area contributed by atoms with E-state index in [1.54, 1.807) is 5.38 Å². The van der Waals surface area contributed by atoms with Crippen molar-refractivity contribution < 1.29 is 9.90 Å². The molecule has 1 aliphatic rings. The van der Waals surface area contributed by atoms with Crippen LogP contribution in [0.1, 0.15) is 20.8 Å². The monoisotopic (exact) mass is 219 g/mol. The van der Waals surface area contributed by atoms with E-state index in [2.05, 4.69) is 5.32 Å². The normalized spacial score (nSPS) is 14.5. The minimum atomic E-state index is -0.797. The minimum absolute atomic E-state index is 0. The molecule has 0 aliphatic carbocycles. The van der Waals surface area contributed by atoms with Crippen LogP contribution in [0.25, 0.3) is 0 Å². The number of carbonyl (C=O) groups is 1. The van der Waals surface area contributed by atoms with Gasteiger partial charge in [0.25, 0.3) is 0 Å². The number of hydrogen-bond acceptors (Lipinski definition) is 3. The molecule has 1 aliphatic heterocycles. The second-order valence-electron chi connectivity index (χ2n) is 2.78. The second-order valence-corrected chi connectivity index (χ2v) is 3.75. The van der Waals surface area contributed by atoms with E-state index in [0.717, 1.165) is 25.1 Å². The molecular formula is C8H10ClNO2S. The van der Waals surface area contributed by atoms with E-state index in [4.69, 9.17) is 5.11 Å². The second kappa shape index (κ2) is 4.09. The molecule has 0 atom stereocenters. The highest BCUT2D eigenvalue weighted by Crippen LogP contribution is 2.25. The first-order valence-electron chi connectivity index (χ1n) is 3.82. The van der Waals surface area contributed by atoms with Crippen LogP contribution in [-0.2, 0) is 13.0 Å². The first kappa shape index (κ1) is 10.5. The lowest BCUT2D eigenvalue weighted by atomic mass is 10.1. The highest BCUT2D eigenvalue weighted by atomic mass is 35.5. The quantitative estimate of drug-likeness (QED) is 0.753. The van der Waals surface area contributed by atoms with Crippen molar-refractivity contribution in [2.24, 2.45) is 0 Å². The van der Waals surface area contributed by atoms with Gasteiger partial charge < -0.3 is 10.4 Å². The van der Waals surface area contributed by atoms with E-state index in [0.29, 0.717) is 5.56 Å². The maximum absolute atomic E-state index is 10.7. The largest absolute Gasteiger partial charge is 0.478 e. The summed E-state index contributed by atoms with van der Waals surface area (Å²) in [4.78, 5) is 11.9. The van der Waals surface area contributed by atoms with Crippen LogP contribution in [-0.4, -0.2) is 17.6 Å². The molecule has 0 spiro atoms. The Morgan fingerprint density at radius 1 is 1.62 bits per heavy atom. The van der Waals surface area contributed by atoms with Gasteiger partial charge in [-0.3, -0.25) is 0 Å². The van der Waals surface area contributed by atoms with Gasteiger partial charge in [0.2, 0.25) is 0 Å². The Morgan fingerprint density at radius 3 is 3.08 bits per heavy atom. The van der Waals surface area contributed by atoms with Crippen LogP contribution in [0.3, 0.4) is 0 Å². The summed E-state index contributed by atoms with van der Waals surface area (Å²) in [5.74, 6) is -0.797. The average molecular weight is 220 g/mol. The summed E-state index contributed by atoms with van der Waals surface area (Å²) in [6.45, 7) is 1.72. The molecule has 0 saturated carbocycles. The standard InChI is InChI=1S/C8H9NO2S.ClH/c10-8(11)6-4-12-7-3-9-2-1-5(6)7;/h4,9H,1-3H2,(H,10,11);1H. The van der Waals surface area contributed by atoms with Crippen LogP contribution in [0, 0.1) is 0 Å². The Kier molecular flexibility index (Phi) is 3.30. The number of carboxylic acid groups (broad SMARTS) is 1. The average Bonchev–Trinajstić information content (AvgIpc) is 2.47. The number of thiophene rings is 1. The molecule has 5 heteroatoms. The number of halogens is 1. The van der Waals surface area contributed by atoms with Crippen LogP contribution >= 0.6 is 23.7 Å². The minimum Gasteiger partial charge on any atom is -0.478 e. The predicted octanol–water partition coefficient (Wildman–Crippen LogP) is 1.51. The molecular weight excluding hydrogens is 210 g/mol. The van der Waals surface area contributed by atoms with Gasteiger partial charge in [-0.1, -0.05) is 0 Å². The molecule has 0 fully saturated rings. The van der Waals surface area contributed by atoms with Crippen molar-refractivity contribution in [1.29, 1.82) is 0 Å². The van der Waals surface area contributed by atoms with E-state index >= 15 is 0 Å². The third-order valence-corrected chi connectivity index (χ3v) is 3.08. The lowest BCUT2D eigenvalue weighted by molar-refractivity contribution is 0.0696. The molecule has 2 heterocycles. The van der Waals surface area contributed by atoms with Crippen LogP contribution in [0.4, 0.5) is 0 Å². The van der Waals surface area contributed by atoms with Gasteiger partial charge in [-0.25, -0.2) is 4.79 Å². The predicted molar refractivity (Wildman–Crippen MR) is 53.9 cm³/mol. The zero-order chi connectivity index (χ0) is 8.55. The van der Waals surface area contributed by atoms with Gasteiger partial charge >= 0.3 is 5.97 Å². The Morgan fingerprint density at radius 2 is 2.38 bits per heavy atom. The number of hydrogen-bond donors (Lipinski definition) is 2. The number of rotatable bonds is 1. The van der Waals surface area contributed by atoms with Gasteiger partial charge in [0.1, 0.15) is 0 Å². The smallest absolute Gasteiger partial charge is 0.336 e. The summed E-state index contributed by atoms with van der Waals surface area (Å²) in [6.07, 6.45) is 0.848. The summed E-state index contributed by atoms with van der Waals surface area (Å²) < 4.78 is 0. The number of carboxylic acids is 1. The Labute approximate surface area is 86.2 Å². The highest BCUT2D eigenvalue weighted by molar-refractivity contribution is 7.10. The SMILES string of the molecule is Cl.O=C(O)c1csc2c1CCNC2. The fraction of sp³-hybridized carbons (Fsp3) is 0.375. The van der Waals surface area contributed by atoms with Gasteiger partial charge in [-0.2, -0.15) is 0 Å². The first-order valence-corrected chi connectivity index (χ1v) is 4.70. The van der Waals surface area contributed by atoms with Gasteiger partial charge in [0.15, 0.2) is 0 Å². The van der Waals surface area contributed by atoms with Gasteiger partial charge in [0, 0.05) is 16.8 Å². The Hall–Kier alpha value is -0.580. The van der Waals surface area contributed by atoms with Crippen molar-refractivity contribution in [3.8, 4) is 0 Å². The van der Waals surface area contributed by atoms with E-state index in [9.17, 15) is 4.79 Å². The van der Waals surface area contributed by atoms with E-state index < -0.39 is 5.97 Å². The van der Waals surface area contributed by atoms with E-state index in [1.807, 2.05) is 0 Å². The molecule has 72 valence electrons. The maximum Gasteiger partial charge on any atom is 0.336 e. The number of fused-ring (bicyclic) bond motifs is 1. The fourth-order valence-electron chi connectivity index (χ4n) is 1.44. The molecule has 0 saturated heterocycles. The molecule has 0 radical (unpaired) electrons. The van der Waals surface area contributed by atoms with E-state index in [-0.39, 0.29) is 12.4 Å². The first-order chi connectivity index (χ1) is 5.79. The van der Waals surface area contributed by atoms with Crippen molar-refractivity contribution in [3.05, 3.63) is 21.4 Å². The molecule has 1 aromatic rings. The van der Waals surface area contributed by atoms with Gasteiger partial charge in [-0.05, 0) is 18.5 Å². The van der Waals surface area contributed by atoms with Gasteiger partial charge in [-0.15, -0.1) is 23.7 Å². The van der Waals surface area contributed by atoms with Crippen molar-refractivity contribution >= 4 is 29.7 Å². The van der Waals surface area contributed by atoms with Crippen molar-refractivity contribution in [3.63, 3.8) is 0 Å². The molecule has 0 unspecified atom stereocenters. The third-order valence-electron chi connectivity index (χ3n) is 2.05. The molecule has 3 nitrogen and oxygen atoms in total. The summed E-state index contributed by atoms with van der Waals surface area (Å²) in [5, 5.41) is 13.8. The molecule has 1 aromatic heterocycles. The molecule has 0 bridgehead atoms. The Balaban J connectivity index is 0.000000845. The molecule has 13 heavy (non-hydrogen) atoms. The summed E-state index contributed by atoms with van der Waals surface area (Å²) in [6, 6.07) is 0. The maximum atomic E-state index is 10.7. The Bertz CT molecular complexity index is 324. The lowest BCUT2D eigenvalue weighted by Gasteiger charge is -2.12. The highest BCUT2D eigenvalue weighted by Gasteiger charge is 2.18. The van der Waals surface area contributed by atoms with Gasteiger partial charge in [0.05, 0.1) is 5.56 Å². The number of aromatic carboxylic acids is 1. The van der Waals surface area contributed by atoms with E-state index in [1.165, 1.54) is 16.2 Å². The zero-order valence-electron chi connectivity index (χ0n) is 6.87. The molecule has 0 aromatic carbocycles. The van der Waals surface area contributed by atoms with Crippen LogP contribution in [0.15, 0.2) is 5.38 Å². The van der Waals surface area contributed by atoms with Crippen LogP contribution < -0.4 is 5.32 Å². The summed E-state index contributed by atoms with van der Waals surface area (Å²) in [5.41, 5.74) is 1.53. The molecule has 2 rings (SSSR count). The van der Waals surface area contributed by atoms with Crippen molar-refractivity contribution in [2.75, 3.05) is 6.54 Å². The number of nitrogens with one attached hydrogen (secondary N) is 1. The third kappa shape index (κ3) is 1.85. The van der Waals surface area contributed by atoms with Crippen LogP contribution in [0.5, 0.6) is 0 Å². The summed E-state index contributed by atoms with van der Waals surface area (Å²) in [7, 11) is 0. The molecule has 0 amide bonds. The van der Waals surface area contributed by atoms with Crippen LogP contribution in [0.2, 0.25) is 0 Å². The van der Waals surface area contributed by atoms with Crippen molar-refractivity contribution in [1.82, 2.24) is 5.32 Å². The van der Waals surface area contributed by atoms with Crippen molar-refractivity contribution in [2.45, 2.75) is 13.0 Å². The fourth-order valence-corrected chi connectivity index (χ4v) is 2.48. The molecule has 2 N–H and O–H groups in total.